The highest BCUT2D eigenvalue weighted by molar-refractivity contribution is 6.31. The topological polar surface area (TPSA) is 47.1 Å². The lowest BCUT2D eigenvalue weighted by molar-refractivity contribution is -0.135. The molecule has 0 unspecified atom stereocenters. The fourth-order valence-corrected chi connectivity index (χ4v) is 4.30. The van der Waals surface area contributed by atoms with Crippen LogP contribution in [-0.4, -0.2) is 90.3 Å². The maximum atomic E-state index is 14.0. The minimum atomic E-state index is -0.283. The number of halogens is 2. The van der Waals surface area contributed by atoms with Gasteiger partial charge < -0.3 is 9.80 Å². The summed E-state index contributed by atoms with van der Waals surface area (Å²) in [5, 5.41) is 0.447. The molecule has 0 atom stereocenters. The second-order valence-electron chi connectivity index (χ2n) is 7.99. The first kappa shape index (κ1) is 22.0. The number of nitrogens with zero attached hydrogens (tertiary/aromatic N) is 4. The molecular formula is C21H30ClFN4O2. The molecule has 0 spiro atoms. The van der Waals surface area contributed by atoms with E-state index in [2.05, 4.69) is 9.80 Å². The van der Waals surface area contributed by atoms with Crippen LogP contribution in [-0.2, 0) is 16.1 Å². The predicted octanol–water partition coefficient (Wildman–Crippen LogP) is 2.07. The Morgan fingerprint density at radius 2 is 1.76 bits per heavy atom. The summed E-state index contributed by atoms with van der Waals surface area (Å²) in [6, 6.07) is 5.02. The Kier molecular flexibility index (Phi) is 7.49. The molecule has 160 valence electrons. The summed E-state index contributed by atoms with van der Waals surface area (Å²) in [4.78, 5) is 32.2. The van der Waals surface area contributed by atoms with E-state index < -0.39 is 0 Å². The Bertz CT molecular complexity index is 711. The van der Waals surface area contributed by atoms with E-state index in [9.17, 15) is 14.0 Å². The second kappa shape index (κ2) is 9.87. The van der Waals surface area contributed by atoms with Crippen LogP contribution >= 0.6 is 11.6 Å². The van der Waals surface area contributed by atoms with E-state index in [1.165, 1.54) is 6.07 Å². The van der Waals surface area contributed by atoms with Crippen LogP contribution in [0.1, 0.15) is 25.3 Å². The molecular weight excluding hydrogens is 395 g/mol. The molecule has 1 aromatic rings. The third kappa shape index (κ3) is 5.68. The first-order valence-electron chi connectivity index (χ1n) is 10.2. The number of rotatable bonds is 5. The highest BCUT2D eigenvalue weighted by Gasteiger charge is 2.27. The number of piperazine rings is 1. The SMILES string of the molecule is CC(=O)N(C)C1CCN(CC(=O)N2CCN(Cc3c(F)cccc3Cl)CC2)CC1. The first-order valence-corrected chi connectivity index (χ1v) is 10.6. The van der Waals surface area contributed by atoms with Gasteiger partial charge in [-0.15, -0.1) is 0 Å². The molecule has 0 N–H and O–H groups in total. The summed E-state index contributed by atoms with van der Waals surface area (Å²) in [6.07, 6.45) is 1.81. The van der Waals surface area contributed by atoms with E-state index >= 15 is 0 Å². The normalized spacial score (nSPS) is 19.4. The molecule has 0 aliphatic carbocycles. The number of amides is 2. The van der Waals surface area contributed by atoms with Gasteiger partial charge in [-0.2, -0.15) is 0 Å². The van der Waals surface area contributed by atoms with E-state index in [4.69, 9.17) is 11.6 Å². The molecule has 0 saturated carbocycles. The van der Waals surface area contributed by atoms with Crippen LogP contribution in [0.2, 0.25) is 5.02 Å². The number of benzene rings is 1. The van der Waals surface area contributed by atoms with Crippen LogP contribution < -0.4 is 0 Å². The van der Waals surface area contributed by atoms with Crippen molar-refractivity contribution in [3.05, 3.63) is 34.6 Å². The largest absolute Gasteiger partial charge is 0.343 e. The molecule has 2 saturated heterocycles. The molecule has 0 aromatic heterocycles. The smallest absolute Gasteiger partial charge is 0.236 e. The molecule has 2 heterocycles. The van der Waals surface area contributed by atoms with Crippen molar-refractivity contribution in [1.29, 1.82) is 0 Å². The Labute approximate surface area is 177 Å². The van der Waals surface area contributed by atoms with E-state index in [0.717, 1.165) is 25.9 Å². The maximum Gasteiger partial charge on any atom is 0.236 e. The number of likely N-dealkylation sites (tertiary alicyclic amines) is 1. The molecule has 3 rings (SSSR count). The summed E-state index contributed by atoms with van der Waals surface area (Å²) in [5.74, 6) is -0.0455. The lowest BCUT2D eigenvalue weighted by Crippen LogP contribution is -2.52. The molecule has 29 heavy (non-hydrogen) atoms. The highest BCUT2D eigenvalue weighted by Crippen LogP contribution is 2.21. The third-order valence-corrected chi connectivity index (χ3v) is 6.48. The van der Waals surface area contributed by atoms with Crippen molar-refractivity contribution >= 4 is 23.4 Å². The van der Waals surface area contributed by atoms with Crippen LogP contribution in [0.15, 0.2) is 18.2 Å². The van der Waals surface area contributed by atoms with E-state index in [0.29, 0.717) is 49.9 Å². The van der Waals surface area contributed by atoms with Crippen molar-refractivity contribution in [2.75, 3.05) is 52.9 Å². The van der Waals surface area contributed by atoms with Crippen LogP contribution in [0.5, 0.6) is 0 Å². The van der Waals surface area contributed by atoms with Gasteiger partial charge in [0, 0.05) is 76.4 Å². The van der Waals surface area contributed by atoms with Crippen molar-refractivity contribution in [3.63, 3.8) is 0 Å². The molecule has 0 bridgehead atoms. The van der Waals surface area contributed by atoms with Crippen molar-refractivity contribution in [2.45, 2.75) is 32.4 Å². The zero-order valence-corrected chi connectivity index (χ0v) is 18.0. The average molecular weight is 425 g/mol. The second-order valence-corrected chi connectivity index (χ2v) is 8.40. The van der Waals surface area contributed by atoms with Gasteiger partial charge in [0.2, 0.25) is 11.8 Å². The first-order chi connectivity index (χ1) is 13.8. The summed E-state index contributed by atoms with van der Waals surface area (Å²) in [5.41, 5.74) is 0.521. The molecule has 0 radical (unpaired) electrons. The number of piperidine rings is 1. The van der Waals surface area contributed by atoms with Crippen LogP contribution in [0.25, 0.3) is 0 Å². The molecule has 6 nitrogen and oxygen atoms in total. The van der Waals surface area contributed by atoms with Crippen LogP contribution in [0.3, 0.4) is 0 Å². The molecule has 2 fully saturated rings. The molecule has 2 amide bonds. The Morgan fingerprint density at radius 3 is 2.34 bits per heavy atom. The van der Waals surface area contributed by atoms with Crippen LogP contribution in [0, 0.1) is 5.82 Å². The van der Waals surface area contributed by atoms with E-state index in [1.54, 1.807) is 24.0 Å². The van der Waals surface area contributed by atoms with Gasteiger partial charge in [0.05, 0.1) is 6.54 Å². The zero-order valence-electron chi connectivity index (χ0n) is 17.2. The highest BCUT2D eigenvalue weighted by atomic mass is 35.5. The number of carbonyl (C=O) groups is 2. The molecule has 1 aromatic carbocycles. The number of carbonyl (C=O) groups excluding carboxylic acids is 2. The van der Waals surface area contributed by atoms with Gasteiger partial charge in [0.25, 0.3) is 0 Å². The molecule has 2 aliphatic rings. The van der Waals surface area contributed by atoms with Gasteiger partial charge in [-0.25, -0.2) is 4.39 Å². The minimum Gasteiger partial charge on any atom is -0.343 e. The van der Waals surface area contributed by atoms with E-state index in [-0.39, 0.29) is 23.7 Å². The summed E-state index contributed by atoms with van der Waals surface area (Å²) < 4.78 is 14.0. The Morgan fingerprint density at radius 1 is 1.10 bits per heavy atom. The Hall–Kier alpha value is -1.70. The van der Waals surface area contributed by atoms with Gasteiger partial charge in [-0.3, -0.25) is 19.4 Å². The van der Waals surface area contributed by atoms with Crippen molar-refractivity contribution in [3.8, 4) is 0 Å². The maximum absolute atomic E-state index is 14.0. The quantitative estimate of drug-likeness (QED) is 0.726. The minimum absolute atomic E-state index is 0.0917. The van der Waals surface area contributed by atoms with Crippen molar-refractivity contribution in [1.82, 2.24) is 19.6 Å². The zero-order chi connectivity index (χ0) is 21.0. The van der Waals surface area contributed by atoms with Gasteiger partial charge in [0.1, 0.15) is 5.82 Å². The fraction of sp³-hybridized carbons (Fsp3) is 0.619. The van der Waals surface area contributed by atoms with Crippen molar-refractivity contribution in [2.24, 2.45) is 0 Å². The van der Waals surface area contributed by atoms with Crippen molar-refractivity contribution < 1.29 is 14.0 Å². The predicted molar refractivity (Wildman–Crippen MR) is 111 cm³/mol. The van der Waals surface area contributed by atoms with Gasteiger partial charge in [-0.1, -0.05) is 17.7 Å². The molecule has 2 aliphatic heterocycles. The Balaban J connectivity index is 1.42. The average Bonchev–Trinajstić information content (AvgIpc) is 2.71. The third-order valence-electron chi connectivity index (χ3n) is 6.13. The standard InChI is InChI=1S/C21H30ClFN4O2/c1-16(28)24(2)17-6-8-25(9-7-17)15-21(29)27-12-10-26(11-13-27)14-18-19(22)4-3-5-20(18)23/h3-5,17H,6-15H2,1-2H3. The van der Waals surface area contributed by atoms with Gasteiger partial charge >= 0.3 is 0 Å². The number of hydrogen-bond donors (Lipinski definition) is 0. The molecule has 8 heteroatoms. The monoisotopic (exact) mass is 424 g/mol. The number of hydrogen-bond acceptors (Lipinski definition) is 4. The lowest BCUT2D eigenvalue weighted by atomic mass is 10.0. The van der Waals surface area contributed by atoms with E-state index in [1.807, 2.05) is 11.9 Å². The van der Waals surface area contributed by atoms with Crippen LogP contribution in [0.4, 0.5) is 4.39 Å². The fourth-order valence-electron chi connectivity index (χ4n) is 4.08. The summed E-state index contributed by atoms with van der Waals surface area (Å²) >= 11 is 6.12. The van der Waals surface area contributed by atoms with Gasteiger partial charge in [-0.05, 0) is 25.0 Å². The summed E-state index contributed by atoms with van der Waals surface area (Å²) in [7, 11) is 1.85. The van der Waals surface area contributed by atoms with Gasteiger partial charge in [0.15, 0.2) is 0 Å². The lowest BCUT2D eigenvalue weighted by Gasteiger charge is -2.38. The summed E-state index contributed by atoms with van der Waals surface area (Å²) in [6.45, 7) is 6.86.